The molecule has 1 heterocycles. The predicted molar refractivity (Wildman–Crippen MR) is 100 cm³/mol. The molecule has 150 valence electrons. The largest absolute Gasteiger partial charge is 0.465 e. The van der Waals surface area contributed by atoms with E-state index >= 15 is 0 Å². The van der Waals surface area contributed by atoms with E-state index in [1.807, 2.05) is 0 Å². The van der Waals surface area contributed by atoms with Crippen LogP contribution in [0.1, 0.15) is 49.4 Å². The van der Waals surface area contributed by atoms with Crippen molar-refractivity contribution in [2.75, 3.05) is 13.4 Å². The first-order valence-corrected chi connectivity index (χ1v) is 10.2. The Labute approximate surface area is 162 Å². The number of hydrogen-bond acceptors (Lipinski definition) is 7. The van der Waals surface area contributed by atoms with Gasteiger partial charge < -0.3 is 14.5 Å². The van der Waals surface area contributed by atoms with Gasteiger partial charge in [0.1, 0.15) is 0 Å². The van der Waals surface area contributed by atoms with Crippen LogP contribution in [0.2, 0.25) is 0 Å². The van der Waals surface area contributed by atoms with Gasteiger partial charge in [-0.2, -0.15) is 0 Å². The van der Waals surface area contributed by atoms with Crippen LogP contribution in [-0.4, -0.2) is 50.6 Å². The van der Waals surface area contributed by atoms with Crippen LogP contribution in [0.15, 0.2) is 29.2 Å². The van der Waals surface area contributed by atoms with Gasteiger partial charge in [-0.05, 0) is 50.6 Å². The predicted octanol–water partition coefficient (Wildman–Crippen LogP) is 2.25. The van der Waals surface area contributed by atoms with Crippen molar-refractivity contribution in [1.82, 2.24) is 4.98 Å². The Bertz CT molecular complexity index is 1030. The summed E-state index contributed by atoms with van der Waals surface area (Å²) in [6.07, 6.45) is -0.0611. The second kappa shape index (κ2) is 7.97. The summed E-state index contributed by atoms with van der Waals surface area (Å²) in [5, 5.41) is 0. The summed E-state index contributed by atoms with van der Waals surface area (Å²) in [6.45, 7) is 4.65. The van der Waals surface area contributed by atoms with E-state index < -0.39 is 33.7 Å². The van der Waals surface area contributed by atoms with Crippen molar-refractivity contribution in [2.45, 2.75) is 31.8 Å². The Hall–Kier alpha value is -2.94. The minimum Gasteiger partial charge on any atom is -0.465 e. The van der Waals surface area contributed by atoms with Crippen LogP contribution in [0.3, 0.4) is 0 Å². The number of hydrogen-bond donors (Lipinski definition) is 1. The molecule has 1 atom stereocenters. The number of carbonyl (C=O) groups excluding carboxylic acids is 3. The lowest BCUT2D eigenvalue weighted by molar-refractivity contribution is 0.0316. The first kappa shape index (κ1) is 21.4. The van der Waals surface area contributed by atoms with Gasteiger partial charge in [0.15, 0.2) is 15.9 Å². The molecular formula is C19H21NO7S. The molecule has 0 amide bonds. The third-order valence-corrected chi connectivity index (χ3v) is 5.37. The number of sulfone groups is 1. The van der Waals surface area contributed by atoms with E-state index in [2.05, 4.69) is 4.98 Å². The van der Waals surface area contributed by atoms with Crippen molar-refractivity contribution >= 4 is 27.6 Å². The lowest BCUT2D eigenvalue weighted by atomic mass is 10.1. The number of aromatic nitrogens is 1. The molecule has 1 N–H and O–H groups in total. The number of nitrogens with one attached hydrogen (secondary N) is 1. The van der Waals surface area contributed by atoms with Crippen molar-refractivity contribution in [3.63, 3.8) is 0 Å². The number of ketones is 1. The summed E-state index contributed by atoms with van der Waals surface area (Å²) in [6, 6.07) is 5.21. The monoisotopic (exact) mass is 407 g/mol. The molecule has 2 aromatic rings. The molecule has 8 nitrogen and oxygen atoms in total. The number of H-pyrrole nitrogens is 1. The Balaban J connectivity index is 2.19. The lowest BCUT2D eigenvalue weighted by Gasteiger charge is -2.12. The fourth-order valence-corrected chi connectivity index (χ4v) is 3.36. The fraction of sp³-hybridized carbons (Fsp3) is 0.316. The standard InChI is InChI=1S/C19H21NO7S/c1-10-15(19(23)26-4)11(2)20-16(10)17(21)12(3)27-18(22)13-6-8-14(9-7-13)28(5,24)25/h6-9,12,20H,1-5H3. The highest BCUT2D eigenvalue weighted by molar-refractivity contribution is 7.90. The summed E-state index contributed by atoms with van der Waals surface area (Å²) in [5.74, 6) is -1.84. The second-order valence-electron chi connectivity index (χ2n) is 6.32. The van der Waals surface area contributed by atoms with Gasteiger partial charge in [-0.15, -0.1) is 0 Å². The third-order valence-electron chi connectivity index (χ3n) is 4.24. The number of ether oxygens (including phenoxy) is 2. The van der Waals surface area contributed by atoms with E-state index in [1.165, 1.54) is 38.3 Å². The summed E-state index contributed by atoms with van der Waals surface area (Å²) in [5.41, 5.74) is 1.42. The summed E-state index contributed by atoms with van der Waals surface area (Å²) in [7, 11) is -2.14. The molecule has 1 aromatic heterocycles. The molecule has 0 fully saturated rings. The normalized spacial score (nSPS) is 12.3. The van der Waals surface area contributed by atoms with E-state index in [0.717, 1.165) is 6.26 Å². The molecule has 0 bridgehead atoms. The Morgan fingerprint density at radius 3 is 2.11 bits per heavy atom. The number of Topliss-reactive ketones (excluding diaryl/α,β-unsaturated/α-hetero) is 1. The molecule has 2 rings (SSSR count). The minimum absolute atomic E-state index is 0.0704. The fourth-order valence-electron chi connectivity index (χ4n) is 2.73. The van der Waals surface area contributed by atoms with E-state index in [9.17, 15) is 22.8 Å². The Morgan fingerprint density at radius 1 is 1.04 bits per heavy atom. The van der Waals surface area contributed by atoms with Crippen molar-refractivity contribution in [2.24, 2.45) is 0 Å². The number of aryl methyl sites for hydroxylation is 1. The van der Waals surface area contributed by atoms with Gasteiger partial charge in [0, 0.05) is 11.9 Å². The van der Waals surface area contributed by atoms with Gasteiger partial charge >= 0.3 is 11.9 Å². The maximum Gasteiger partial charge on any atom is 0.339 e. The molecule has 1 unspecified atom stereocenters. The van der Waals surface area contributed by atoms with Crippen LogP contribution in [-0.2, 0) is 19.3 Å². The number of rotatable bonds is 6. The highest BCUT2D eigenvalue weighted by Gasteiger charge is 2.27. The molecule has 1 aromatic carbocycles. The van der Waals surface area contributed by atoms with Crippen molar-refractivity contribution in [3.8, 4) is 0 Å². The van der Waals surface area contributed by atoms with Crippen LogP contribution < -0.4 is 0 Å². The van der Waals surface area contributed by atoms with E-state index in [-0.39, 0.29) is 21.7 Å². The number of benzene rings is 1. The highest BCUT2D eigenvalue weighted by Crippen LogP contribution is 2.21. The molecule has 0 saturated heterocycles. The molecule has 0 radical (unpaired) electrons. The van der Waals surface area contributed by atoms with E-state index in [4.69, 9.17) is 9.47 Å². The lowest BCUT2D eigenvalue weighted by Crippen LogP contribution is -2.25. The van der Waals surface area contributed by atoms with E-state index in [0.29, 0.717) is 11.3 Å². The van der Waals surface area contributed by atoms with Crippen LogP contribution in [0, 0.1) is 13.8 Å². The van der Waals surface area contributed by atoms with Gasteiger partial charge in [0.25, 0.3) is 0 Å². The zero-order valence-corrected chi connectivity index (χ0v) is 17.0. The zero-order valence-electron chi connectivity index (χ0n) is 16.2. The summed E-state index contributed by atoms with van der Waals surface area (Å²) >= 11 is 0. The molecule has 0 spiro atoms. The van der Waals surface area contributed by atoms with Crippen molar-refractivity contribution in [1.29, 1.82) is 0 Å². The Morgan fingerprint density at radius 2 is 1.61 bits per heavy atom. The van der Waals surface area contributed by atoms with Gasteiger partial charge in [-0.3, -0.25) is 4.79 Å². The van der Waals surface area contributed by atoms with E-state index in [1.54, 1.807) is 13.8 Å². The van der Waals surface area contributed by atoms with Crippen molar-refractivity contribution < 1.29 is 32.3 Å². The van der Waals surface area contributed by atoms with Crippen molar-refractivity contribution in [3.05, 3.63) is 52.3 Å². The van der Waals surface area contributed by atoms with Crippen LogP contribution in [0.5, 0.6) is 0 Å². The number of carbonyl (C=O) groups is 3. The topological polar surface area (TPSA) is 120 Å². The average Bonchev–Trinajstić information content (AvgIpc) is 2.94. The zero-order chi connectivity index (χ0) is 21.2. The molecule has 0 saturated carbocycles. The first-order valence-electron chi connectivity index (χ1n) is 8.30. The Kier molecular flexibility index (Phi) is 6.08. The van der Waals surface area contributed by atoms with Gasteiger partial charge in [-0.25, -0.2) is 18.0 Å². The molecule has 0 aliphatic carbocycles. The summed E-state index contributed by atoms with van der Waals surface area (Å²) in [4.78, 5) is 39.7. The third kappa shape index (κ3) is 4.30. The molecular weight excluding hydrogens is 386 g/mol. The molecule has 28 heavy (non-hydrogen) atoms. The SMILES string of the molecule is COC(=O)c1c(C)[nH]c(C(=O)C(C)OC(=O)c2ccc(S(C)(=O)=O)cc2)c1C. The van der Waals surface area contributed by atoms with Gasteiger partial charge in [0.05, 0.1) is 28.8 Å². The molecule has 0 aliphatic heterocycles. The molecule has 9 heteroatoms. The highest BCUT2D eigenvalue weighted by atomic mass is 32.2. The number of methoxy groups -OCH3 is 1. The quantitative estimate of drug-likeness (QED) is 0.576. The van der Waals surface area contributed by atoms with Gasteiger partial charge in [-0.1, -0.05) is 0 Å². The first-order chi connectivity index (χ1) is 13.0. The van der Waals surface area contributed by atoms with Gasteiger partial charge in [0.2, 0.25) is 5.78 Å². The average molecular weight is 407 g/mol. The molecule has 0 aliphatic rings. The van der Waals surface area contributed by atoms with Crippen LogP contribution >= 0.6 is 0 Å². The second-order valence-corrected chi connectivity index (χ2v) is 8.34. The smallest absolute Gasteiger partial charge is 0.339 e. The maximum absolute atomic E-state index is 12.7. The maximum atomic E-state index is 12.7. The number of esters is 2. The summed E-state index contributed by atoms with van der Waals surface area (Å²) < 4.78 is 32.8. The number of aromatic amines is 1. The van der Waals surface area contributed by atoms with Crippen LogP contribution in [0.25, 0.3) is 0 Å². The van der Waals surface area contributed by atoms with Crippen LogP contribution in [0.4, 0.5) is 0 Å². The minimum atomic E-state index is -3.38.